The summed E-state index contributed by atoms with van der Waals surface area (Å²) in [7, 11) is 0. The number of aliphatic hydroxyl groups is 1. The van der Waals surface area contributed by atoms with Gasteiger partial charge in [-0.15, -0.1) is 0 Å². The van der Waals surface area contributed by atoms with Gasteiger partial charge in [0.25, 0.3) is 0 Å². The molecule has 0 spiro atoms. The average Bonchev–Trinajstić information content (AvgIpc) is 2.11. The Bertz CT molecular complexity index is 444. The van der Waals surface area contributed by atoms with E-state index in [0.717, 1.165) is 6.07 Å². The van der Waals surface area contributed by atoms with Crippen molar-refractivity contribution in [2.75, 3.05) is 11.9 Å². The maximum atomic E-state index is 13.2. The minimum absolute atomic E-state index is 0.0727. The second-order valence-corrected chi connectivity index (χ2v) is 4.21. The molecule has 5 nitrogen and oxygen atoms in total. The van der Waals surface area contributed by atoms with Crippen molar-refractivity contribution in [3.8, 4) is 0 Å². The summed E-state index contributed by atoms with van der Waals surface area (Å²) in [5.74, 6) is -2.18. The lowest BCUT2D eigenvalue weighted by Crippen LogP contribution is -2.29. The third-order valence-electron chi connectivity index (χ3n) is 1.92. The molecule has 0 atom stereocenters. The van der Waals surface area contributed by atoms with Gasteiger partial charge in [-0.05, 0) is 13.8 Å². The zero-order valence-corrected chi connectivity index (χ0v) is 9.33. The molecule has 0 aliphatic carbocycles. The van der Waals surface area contributed by atoms with Crippen molar-refractivity contribution in [2.45, 2.75) is 19.4 Å². The Morgan fingerprint density at radius 3 is 2.53 bits per heavy atom. The molecule has 1 aromatic rings. The van der Waals surface area contributed by atoms with E-state index in [9.17, 15) is 24.0 Å². The molecule has 2 N–H and O–H groups in total. The van der Waals surface area contributed by atoms with Crippen LogP contribution in [-0.4, -0.2) is 22.2 Å². The first-order valence-electron chi connectivity index (χ1n) is 4.80. The molecular formula is C10H12F2N2O3. The predicted molar refractivity (Wildman–Crippen MR) is 57.8 cm³/mol. The lowest BCUT2D eigenvalue weighted by Gasteiger charge is -2.18. The summed E-state index contributed by atoms with van der Waals surface area (Å²) in [5.41, 5.74) is -2.29. The van der Waals surface area contributed by atoms with Crippen molar-refractivity contribution in [1.29, 1.82) is 0 Å². The van der Waals surface area contributed by atoms with Crippen LogP contribution in [0.3, 0.4) is 0 Å². The Morgan fingerprint density at radius 1 is 1.47 bits per heavy atom. The van der Waals surface area contributed by atoms with Crippen LogP contribution >= 0.6 is 0 Å². The van der Waals surface area contributed by atoms with Gasteiger partial charge in [0.1, 0.15) is 11.5 Å². The number of nitro groups is 1. The van der Waals surface area contributed by atoms with Crippen LogP contribution in [0.25, 0.3) is 0 Å². The highest BCUT2D eigenvalue weighted by Gasteiger charge is 2.23. The maximum absolute atomic E-state index is 13.2. The molecule has 0 amide bonds. The number of halogens is 2. The van der Waals surface area contributed by atoms with Crippen LogP contribution in [0.15, 0.2) is 12.1 Å². The van der Waals surface area contributed by atoms with Crippen molar-refractivity contribution in [1.82, 2.24) is 0 Å². The number of hydrogen-bond acceptors (Lipinski definition) is 4. The summed E-state index contributed by atoms with van der Waals surface area (Å²) in [6, 6.07) is 1.25. The van der Waals surface area contributed by atoms with Gasteiger partial charge in [-0.25, -0.2) is 4.39 Å². The van der Waals surface area contributed by atoms with E-state index < -0.39 is 27.8 Å². The fourth-order valence-electron chi connectivity index (χ4n) is 1.20. The quantitative estimate of drug-likeness (QED) is 0.629. The molecule has 94 valence electrons. The minimum atomic E-state index is -1.26. The van der Waals surface area contributed by atoms with Gasteiger partial charge in [0.15, 0.2) is 0 Å². The first-order valence-corrected chi connectivity index (χ1v) is 4.80. The first-order chi connectivity index (χ1) is 7.70. The largest absolute Gasteiger partial charge is 0.389 e. The van der Waals surface area contributed by atoms with E-state index in [-0.39, 0.29) is 12.2 Å². The van der Waals surface area contributed by atoms with Crippen LogP contribution in [0.4, 0.5) is 20.2 Å². The SMILES string of the molecule is CC(C)(O)CNc1cc(F)cc(F)c1[N+](=O)[O-]. The Labute approximate surface area is 96.2 Å². The molecule has 0 saturated carbocycles. The summed E-state index contributed by atoms with van der Waals surface area (Å²) in [6.45, 7) is 2.85. The second-order valence-electron chi connectivity index (χ2n) is 4.21. The van der Waals surface area contributed by atoms with E-state index in [0.29, 0.717) is 6.07 Å². The van der Waals surface area contributed by atoms with Crippen LogP contribution in [0.2, 0.25) is 0 Å². The van der Waals surface area contributed by atoms with Crippen molar-refractivity contribution >= 4 is 11.4 Å². The van der Waals surface area contributed by atoms with Crippen LogP contribution in [0.1, 0.15) is 13.8 Å². The zero-order chi connectivity index (χ0) is 13.2. The van der Waals surface area contributed by atoms with Gasteiger partial charge in [-0.2, -0.15) is 4.39 Å². The van der Waals surface area contributed by atoms with Crippen molar-refractivity contribution in [3.63, 3.8) is 0 Å². The third-order valence-corrected chi connectivity index (χ3v) is 1.92. The number of rotatable bonds is 4. The van der Waals surface area contributed by atoms with Gasteiger partial charge >= 0.3 is 5.69 Å². The fraction of sp³-hybridized carbons (Fsp3) is 0.400. The molecule has 0 radical (unpaired) electrons. The van der Waals surface area contributed by atoms with Gasteiger partial charge in [-0.3, -0.25) is 10.1 Å². The summed E-state index contributed by atoms with van der Waals surface area (Å²) in [5, 5.41) is 22.5. The van der Waals surface area contributed by atoms with Crippen LogP contribution in [0, 0.1) is 21.7 Å². The van der Waals surface area contributed by atoms with Crippen LogP contribution in [-0.2, 0) is 0 Å². The molecule has 0 aliphatic heterocycles. The van der Waals surface area contributed by atoms with Gasteiger partial charge in [0.05, 0.1) is 10.5 Å². The second kappa shape index (κ2) is 4.62. The highest BCUT2D eigenvalue weighted by atomic mass is 19.1. The van der Waals surface area contributed by atoms with E-state index in [1.165, 1.54) is 13.8 Å². The third kappa shape index (κ3) is 3.63. The highest BCUT2D eigenvalue weighted by molar-refractivity contribution is 5.62. The summed E-state index contributed by atoms with van der Waals surface area (Å²) in [4.78, 5) is 9.68. The molecule has 0 bridgehead atoms. The van der Waals surface area contributed by atoms with Crippen LogP contribution in [0.5, 0.6) is 0 Å². The van der Waals surface area contributed by atoms with Crippen molar-refractivity contribution < 1.29 is 18.8 Å². The zero-order valence-electron chi connectivity index (χ0n) is 9.33. The Kier molecular flexibility index (Phi) is 3.62. The van der Waals surface area contributed by atoms with Crippen molar-refractivity contribution in [3.05, 3.63) is 33.9 Å². The Hall–Kier alpha value is -1.76. The summed E-state index contributed by atoms with van der Waals surface area (Å²) >= 11 is 0. The lowest BCUT2D eigenvalue weighted by atomic mass is 10.1. The van der Waals surface area contributed by atoms with E-state index in [2.05, 4.69) is 5.32 Å². The summed E-state index contributed by atoms with van der Waals surface area (Å²) < 4.78 is 26.1. The Morgan fingerprint density at radius 2 is 2.06 bits per heavy atom. The number of hydrogen-bond donors (Lipinski definition) is 2. The molecule has 1 aromatic carbocycles. The molecule has 0 fully saturated rings. The molecule has 17 heavy (non-hydrogen) atoms. The number of nitrogens with one attached hydrogen (secondary N) is 1. The highest BCUT2D eigenvalue weighted by Crippen LogP contribution is 2.29. The van der Waals surface area contributed by atoms with E-state index in [1.807, 2.05) is 0 Å². The van der Waals surface area contributed by atoms with Gasteiger partial charge in [0.2, 0.25) is 5.82 Å². The summed E-state index contributed by atoms with van der Waals surface area (Å²) in [6.07, 6.45) is 0. The molecule has 0 aliphatic rings. The monoisotopic (exact) mass is 246 g/mol. The molecule has 0 saturated heterocycles. The van der Waals surface area contributed by atoms with E-state index in [4.69, 9.17) is 0 Å². The fourth-order valence-corrected chi connectivity index (χ4v) is 1.20. The maximum Gasteiger partial charge on any atom is 0.327 e. The lowest BCUT2D eigenvalue weighted by molar-refractivity contribution is -0.386. The number of anilines is 1. The number of nitrogens with zero attached hydrogens (tertiary/aromatic N) is 1. The van der Waals surface area contributed by atoms with Gasteiger partial charge < -0.3 is 10.4 Å². The number of nitro benzene ring substituents is 1. The van der Waals surface area contributed by atoms with Gasteiger partial charge in [-0.1, -0.05) is 0 Å². The molecule has 0 heterocycles. The molecular weight excluding hydrogens is 234 g/mol. The number of benzene rings is 1. The molecule has 0 aromatic heterocycles. The topological polar surface area (TPSA) is 75.4 Å². The first kappa shape index (κ1) is 13.3. The molecule has 1 rings (SSSR count). The smallest absolute Gasteiger partial charge is 0.327 e. The Balaban J connectivity index is 3.09. The predicted octanol–water partition coefficient (Wildman–Crippen LogP) is 2.06. The van der Waals surface area contributed by atoms with E-state index >= 15 is 0 Å². The normalized spacial score (nSPS) is 11.4. The average molecular weight is 246 g/mol. The van der Waals surface area contributed by atoms with E-state index in [1.54, 1.807) is 0 Å². The van der Waals surface area contributed by atoms with Crippen molar-refractivity contribution in [2.24, 2.45) is 0 Å². The standard InChI is InChI=1S/C10H12F2N2O3/c1-10(2,15)5-13-8-4-6(11)3-7(12)9(8)14(16)17/h3-4,13,15H,5H2,1-2H3. The molecule has 7 heteroatoms. The minimum Gasteiger partial charge on any atom is -0.389 e. The van der Waals surface area contributed by atoms with Gasteiger partial charge in [0, 0.05) is 18.7 Å². The molecule has 0 unspecified atom stereocenters. The van der Waals surface area contributed by atoms with Crippen LogP contribution < -0.4 is 5.32 Å².